The molecule has 24 heavy (non-hydrogen) atoms. The smallest absolute Gasteiger partial charge is 0.325 e. The summed E-state index contributed by atoms with van der Waals surface area (Å²) < 4.78 is 10.4. The molecule has 2 amide bonds. The molecule has 7 nitrogen and oxygen atoms in total. The van der Waals surface area contributed by atoms with Gasteiger partial charge in [-0.25, -0.2) is 0 Å². The number of esters is 1. The lowest BCUT2D eigenvalue weighted by Crippen LogP contribution is -2.42. The Morgan fingerprint density at radius 1 is 1.50 bits per heavy atom. The Morgan fingerprint density at radius 3 is 2.96 bits per heavy atom. The van der Waals surface area contributed by atoms with Crippen LogP contribution in [-0.4, -0.2) is 42.4 Å². The molecule has 1 aromatic rings. The maximum atomic E-state index is 12.1. The average Bonchev–Trinajstić information content (AvgIpc) is 2.87. The number of hydrogen-bond acceptors (Lipinski definition) is 7. The third-order valence-corrected chi connectivity index (χ3v) is 4.54. The van der Waals surface area contributed by atoms with E-state index in [0.717, 1.165) is 0 Å². The first-order valence-electron chi connectivity index (χ1n) is 6.87. The summed E-state index contributed by atoms with van der Waals surface area (Å²) in [7, 11) is 1.26. The van der Waals surface area contributed by atoms with Crippen molar-refractivity contribution in [2.45, 2.75) is 0 Å². The van der Waals surface area contributed by atoms with Crippen LogP contribution >= 0.6 is 24.0 Å². The molecule has 0 unspecified atom stereocenters. The van der Waals surface area contributed by atoms with Gasteiger partial charge in [-0.1, -0.05) is 30.0 Å². The van der Waals surface area contributed by atoms with E-state index in [1.165, 1.54) is 23.8 Å². The third-order valence-electron chi connectivity index (χ3n) is 3.38. The van der Waals surface area contributed by atoms with Gasteiger partial charge in [0.2, 0.25) is 0 Å². The van der Waals surface area contributed by atoms with Gasteiger partial charge < -0.3 is 14.8 Å². The number of nitrogens with one attached hydrogen (secondary N) is 1. The van der Waals surface area contributed by atoms with Gasteiger partial charge in [0.15, 0.2) is 6.61 Å². The molecule has 0 bridgehead atoms. The Hall–Kier alpha value is -2.39. The second-order valence-electron chi connectivity index (χ2n) is 4.92. The fourth-order valence-corrected chi connectivity index (χ4v) is 3.29. The Labute approximate surface area is 147 Å². The van der Waals surface area contributed by atoms with E-state index in [1.54, 1.807) is 24.3 Å². The molecule has 2 aliphatic rings. The van der Waals surface area contributed by atoms with Crippen molar-refractivity contribution in [1.82, 2.24) is 5.32 Å². The van der Waals surface area contributed by atoms with Crippen LogP contribution in [0.15, 0.2) is 23.1 Å². The zero-order valence-corrected chi connectivity index (χ0v) is 14.2. The number of thioether (sulfide) groups is 1. The van der Waals surface area contributed by atoms with Gasteiger partial charge in [-0.15, -0.1) is 0 Å². The topological polar surface area (TPSA) is 84.9 Å². The van der Waals surface area contributed by atoms with Crippen LogP contribution in [0.4, 0.5) is 5.69 Å². The molecule has 1 N–H and O–H groups in total. The van der Waals surface area contributed by atoms with E-state index in [2.05, 4.69) is 10.1 Å². The zero-order valence-electron chi connectivity index (χ0n) is 12.5. The number of carbonyl (C=O) groups excluding carboxylic acids is 3. The zero-order chi connectivity index (χ0) is 17.3. The largest absolute Gasteiger partial charge is 0.482 e. The van der Waals surface area contributed by atoms with E-state index in [-0.39, 0.29) is 25.0 Å². The number of carbonyl (C=O) groups is 3. The highest BCUT2D eigenvalue weighted by Gasteiger charge is 2.28. The fourth-order valence-electron chi connectivity index (χ4n) is 2.25. The molecule has 1 fully saturated rings. The van der Waals surface area contributed by atoms with Crippen LogP contribution in [0.2, 0.25) is 0 Å². The van der Waals surface area contributed by atoms with Crippen molar-refractivity contribution < 1.29 is 23.9 Å². The lowest BCUT2D eigenvalue weighted by atomic mass is 10.1. The minimum absolute atomic E-state index is 0.142. The Bertz CT molecular complexity index is 790. The Balaban J connectivity index is 1.95. The van der Waals surface area contributed by atoms with Crippen molar-refractivity contribution in [1.29, 1.82) is 0 Å². The molecule has 1 saturated heterocycles. The number of fused-ring (bicyclic) bond motifs is 1. The maximum absolute atomic E-state index is 12.1. The van der Waals surface area contributed by atoms with E-state index in [9.17, 15) is 14.4 Å². The number of benzene rings is 1. The first-order chi connectivity index (χ1) is 11.5. The van der Waals surface area contributed by atoms with Gasteiger partial charge in [0.1, 0.15) is 16.6 Å². The van der Waals surface area contributed by atoms with Crippen molar-refractivity contribution in [3.05, 3.63) is 28.7 Å². The monoisotopic (exact) mass is 364 g/mol. The molecule has 0 aliphatic carbocycles. The van der Waals surface area contributed by atoms with Gasteiger partial charge in [-0.3, -0.25) is 19.3 Å². The molecule has 2 heterocycles. The summed E-state index contributed by atoms with van der Waals surface area (Å²) >= 11 is 6.12. The van der Waals surface area contributed by atoms with Gasteiger partial charge in [-0.2, -0.15) is 0 Å². The van der Waals surface area contributed by atoms with Crippen molar-refractivity contribution in [3.8, 4) is 5.75 Å². The SMILES string of the molecule is COC(=O)CN1C(=O)COc2ccc(/C=C3/SC(=S)NC3=O)cc21. The van der Waals surface area contributed by atoms with Crippen molar-refractivity contribution in [3.63, 3.8) is 0 Å². The molecular formula is C15H12N2O5S2. The molecule has 2 aliphatic heterocycles. The molecule has 124 valence electrons. The summed E-state index contributed by atoms with van der Waals surface area (Å²) in [5.74, 6) is -0.649. The number of thiocarbonyl (C=S) groups is 1. The van der Waals surface area contributed by atoms with Crippen molar-refractivity contribution in [2.24, 2.45) is 0 Å². The average molecular weight is 364 g/mol. The van der Waals surface area contributed by atoms with Gasteiger partial charge >= 0.3 is 5.97 Å². The normalized spacial score (nSPS) is 18.3. The third kappa shape index (κ3) is 3.26. The van der Waals surface area contributed by atoms with Gasteiger partial charge in [0.25, 0.3) is 11.8 Å². The van der Waals surface area contributed by atoms with Crippen LogP contribution < -0.4 is 15.0 Å². The Kier molecular flexibility index (Phi) is 4.54. The summed E-state index contributed by atoms with van der Waals surface area (Å²) in [5, 5.41) is 2.54. The number of rotatable bonds is 3. The van der Waals surface area contributed by atoms with Gasteiger partial charge in [-0.05, 0) is 23.8 Å². The highest BCUT2D eigenvalue weighted by Crippen LogP contribution is 2.34. The van der Waals surface area contributed by atoms with Gasteiger partial charge in [0, 0.05) is 0 Å². The van der Waals surface area contributed by atoms with Crippen LogP contribution in [-0.2, 0) is 19.1 Å². The number of anilines is 1. The minimum Gasteiger partial charge on any atom is -0.482 e. The van der Waals surface area contributed by atoms with Crippen LogP contribution in [0.1, 0.15) is 5.56 Å². The highest BCUT2D eigenvalue weighted by molar-refractivity contribution is 8.26. The van der Waals surface area contributed by atoms with Crippen LogP contribution in [0.3, 0.4) is 0 Å². The highest BCUT2D eigenvalue weighted by atomic mass is 32.2. The summed E-state index contributed by atoms with van der Waals surface area (Å²) in [4.78, 5) is 37.1. The van der Waals surface area contributed by atoms with Crippen LogP contribution in [0.5, 0.6) is 5.75 Å². The number of amides is 2. The van der Waals surface area contributed by atoms with E-state index in [0.29, 0.717) is 26.2 Å². The van der Waals surface area contributed by atoms with Crippen molar-refractivity contribution >= 4 is 57.8 Å². The molecular weight excluding hydrogens is 352 g/mol. The molecule has 9 heteroatoms. The molecule has 0 spiro atoms. The molecule has 0 saturated carbocycles. The number of methoxy groups -OCH3 is 1. The first kappa shape index (κ1) is 16.5. The number of ether oxygens (including phenoxy) is 2. The number of hydrogen-bond donors (Lipinski definition) is 1. The summed E-state index contributed by atoms with van der Waals surface area (Å²) in [5.41, 5.74) is 1.14. The van der Waals surface area contributed by atoms with Crippen molar-refractivity contribution in [2.75, 3.05) is 25.2 Å². The van der Waals surface area contributed by atoms with E-state index in [1.807, 2.05) is 0 Å². The summed E-state index contributed by atoms with van der Waals surface area (Å²) in [6.07, 6.45) is 1.66. The summed E-state index contributed by atoms with van der Waals surface area (Å²) in [6, 6.07) is 5.12. The Morgan fingerprint density at radius 2 is 2.29 bits per heavy atom. The standard InChI is InChI=1S/C15H12N2O5S2/c1-21-13(19)6-17-9-4-8(2-3-10(9)22-7-12(17)18)5-11-14(20)16-15(23)24-11/h2-5H,6-7H2,1H3,(H,16,20,23)/b11-5+. The summed E-state index contributed by atoms with van der Waals surface area (Å²) in [6.45, 7) is -0.345. The predicted octanol–water partition coefficient (Wildman–Crippen LogP) is 1.07. The van der Waals surface area contributed by atoms with E-state index in [4.69, 9.17) is 17.0 Å². The lowest BCUT2D eigenvalue weighted by molar-refractivity contribution is -0.140. The maximum Gasteiger partial charge on any atom is 0.325 e. The molecule has 0 atom stereocenters. The second-order valence-corrected chi connectivity index (χ2v) is 6.64. The van der Waals surface area contributed by atoms with Crippen LogP contribution in [0, 0.1) is 0 Å². The number of nitrogens with zero attached hydrogens (tertiary/aromatic N) is 1. The van der Waals surface area contributed by atoms with E-state index >= 15 is 0 Å². The lowest BCUT2D eigenvalue weighted by Gasteiger charge is -2.28. The quantitative estimate of drug-likeness (QED) is 0.488. The molecule has 3 rings (SSSR count). The molecule has 1 aromatic carbocycles. The predicted molar refractivity (Wildman–Crippen MR) is 92.6 cm³/mol. The second kappa shape index (κ2) is 6.62. The molecule has 0 aromatic heterocycles. The fraction of sp³-hybridized carbons (Fsp3) is 0.200. The van der Waals surface area contributed by atoms with E-state index < -0.39 is 5.97 Å². The van der Waals surface area contributed by atoms with Gasteiger partial charge in [0.05, 0.1) is 17.7 Å². The van der Waals surface area contributed by atoms with Crippen LogP contribution in [0.25, 0.3) is 6.08 Å². The minimum atomic E-state index is -0.531. The molecule has 0 radical (unpaired) electrons. The first-order valence-corrected chi connectivity index (χ1v) is 8.09.